The van der Waals surface area contributed by atoms with Gasteiger partial charge in [0.25, 0.3) is 11.5 Å². The summed E-state index contributed by atoms with van der Waals surface area (Å²) in [6, 6.07) is 14.5. The van der Waals surface area contributed by atoms with Crippen LogP contribution >= 0.6 is 22.9 Å². The largest absolute Gasteiger partial charge is 0.461 e. The molecule has 0 spiro atoms. The van der Waals surface area contributed by atoms with Gasteiger partial charge in [0, 0.05) is 21.2 Å². The highest BCUT2D eigenvalue weighted by molar-refractivity contribution is 7.16. The number of amides is 1. The van der Waals surface area contributed by atoms with Crippen LogP contribution in [0.3, 0.4) is 0 Å². The van der Waals surface area contributed by atoms with Crippen LogP contribution in [0.5, 0.6) is 0 Å². The first-order valence-electron chi connectivity index (χ1n) is 10.7. The standard InChI is InChI=1S/C25H16ClN3O6S/c1-2-34-25(33)20-17-12-36-22(19(17)23(31)29(28-20)15-9-7-14(26)8-10-15)27-21(30)16-11-13-5-3-4-6-18(13)35-24(16)32/h3-12H,2H2,1H3,(H,27,30). The van der Waals surface area contributed by atoms with Crippen LogP contribution in [0.25, 0.3) is 27.4 Å². The zero-order chi connectivity index (χ0) is 25.4. The van der Waals surface area contributed by atoms with Crippen molar-refractivity contribution >= 4 is 61.6 Å². The van der Waals surface area contributed by atoms with E-state index in [1.807, 2.05) is 0 Å². The fraction of sp³-hybridized carbons (Fsp3) is 0.0800. The molecule has 2 aromatic carbocycles. The Kier molecular flexibility index (Phi) is 6.13. The number of hydrogen-bond donors (Lipinski definition) is 1. The number of anilines is 1. The minimum atomic E-state index is -0.820. The molecule has 3 aromatic heterocycles. The lowest BCUT2D eigenvalue weighted by Gasteiger charge is -2.10. The maximum absolute atomic E-state index is 13.5. The molecule has 0 aliphatic heterocycles. The number of thiophene rings is 1. The van der Waals surface area contributed by atoms with Gasteiger partial charge in [0.1, 0.15) is 16.1 Å². The third-order valence-corrected chi connectivity index (χ3v) is 6.45. The van der Waals surface area contributed by atoms with E-state index in [2.05, 4.69) is 10.4 Å². The Morgan fingerprint density at radius 1 is 1.14 bits per heavy atom. The van der Waals surface area contributed by atoms with E-state index in [4.69, 9.17) is 20.8 Å². The zero-order valence-corrected chi connectivity index (χ0v) is 20.2. The maximum atomic E-state index is 13.5. The topological polar surface area (TPSA) is 120 Å². The van der Waals surface area contributed by atoms with Gasteiger partial charge in [-0.2, -0.15) is 9.78 Å². The van der Waals surface area contributed by atoms with E-state index in [1.165, 1.54) is 11.4 Å². The van der Waals surface area contributed by atoms with Crippen LogP contribution in [0.2, 0.25) is 5.02 Å². The number of para-hydroxylation sites is 1. The Labute approximate surface area is 211 Å². The smallest absolute Gasteiger partial charge is 0.359 e. The molecule has 0 bridgehead atoms. The van der Waals surface area contributed by atoms with E-state index in [0.717, 1.165) is 16.0 Å². The van der Waals surface area contributed by atoms with Gasteiger partial charge in [-0.15, -0.1) is 11.3 Å². The predicted molar refractivity (Wildman–Crippen MR) is 137 cm³/mol. The molecule has 0 aliphatic carbocycles. The van der Waals surface area contributed by atoms with Crippen LogP contribution in [-0.4, -0.2) is 28.3 Å². The van der Waals surface area contributed by atoms with E-state index >= 15 is 0 Å². The number of nitrogens with one attached hydrogen (secondary N) is 1. The molecule has 0 saturated carbocycles. The molecule has 5 aromatic rings. The van der Waals surface area contributed by atoms with Gasteiger partial charge in [0.05, 0.1) is 17.7 Å². The van der Waals surface area contributed by atoms with Crippen molar-refractivity contribution in [2.24, 2.45) is 0 Å². The molecular formula is C25H16ClN3O6S. The summed E-state index contributed by atoms with van der Waals surface area (Å²) in [6.07, 6.45) is 0. The lowest BCUT2D eigenvalue weighted by molar-refractivity contribution is 0.0520. The first kappa shape index (κ1) is 23.5. The van der Waals surface area contributed by atoms with Crippen molar-refractivity contribution in [1.29, 1.82) is 0 Å². The molecule has 9 nitrogen and oxygen atoms in total. The molecule has 0 atom stereocenters. The molecule has 0 radical (unpaired) electrons. The Morgan fingerprint density at radius 3 is 2.64 bits per heavy atom. The SMILES string of the molecule is CCOC(=O)c1nn(-c2ccc(Cl)cc2)c(=O)c2c(NC(=O)c3cc4ccccc4oc3=O)scc12. The molecule has 1 amide bonds. The van der Waals surface area contributed by atoms with Crippen LogP contribution < -0.4 is 16.5 Å². The van der Waals surface area contributed by atoms with Gasteiger partial charge in [0.2, 0.25) is 0 Å². The minimum absolute atomic E-state index is 0.0477. The van der Waals surface area contributed by atoms with Crippen molar-refractivity contribution < 1.29 is 18.7 Å². The molecule has 5 rings (SSSR count). The van der Waals surface area contributed by atoms with Gasteiger partial charge in [0.15, 0.2) is 5.69 Å². The number of halogens is 1. The molecule has 3 heterocycles. The van der Waals surface area contributed by atoms with Crippen molar-refractivity contribution in [3.8, 4) is 5.69 Å². The summed E-state index contributed by atoms with van der Waals surface area (Å²) in [7, 11) is 0. The average Bonchev–Trinajstić information content (AvgIpc) is 3.28. The van der Waals surface area contributed by atoms with Crippen molar-refractivity contribution in [1.82, 2.24) is 9.78 Å². The normalized spacial score (nSPS) is 11.1. The summed E-state index contributed by atoms with van der Waals surface area (Å²) in [4.78, 5) is 51.6. The predicted octanol–water partition coefficient (Wildman–Crippen LogP) is 4.64. The van der Waals surface area contributed by atoms with Crippen LogP contribution in [0.4, 0.5) is 5.00 Å². The monoisotopic (exact) mass is 521 g/mol. The number of carbonyl (C=O) groups excluding carboxylic acids is 2. The zero-order valence-electron chi connectivity index (χ0n) is 18.6. The summed E-state index contributed by atoms with van der Waals surface area (Å²) < 4.78 is 11.4. The van der Waals surface area contributed by atoms with E-state index in [1.54, 1.807) is 55.5 Å². The van der Waals surface area contributed by atoms with E-state index < -0.39 is 23.1 Å². The molecule has 1 N–H and O–H groups in total. The fourth-order valence-electron chi connectivity index (χ4n) is 3.64. The number of ether oxygens (including phenoxy) is 1. The number of benzene rings is 2. The number of nitrogens with zero attached hydrogens (tertiary/aromatic N) is 2. The second-order valence-corrected chi connectivity index (χ2v) is 8.87. The quantitative estimate of drug-likeness (QED) is 0.264. The lowest BCUT2D eigenvalue weighted by Crippen LogP contribution is -2.26. The average molecular weight is 522 g/mol. The van der Waals surface area contributed by atoms with Gasteiger partial charge in [-0.05, 0) is 43.3 Å². The number of carbonyl (C=O) groups is 2. The summed E-state index contributed by atoms with van der Waals surface area (Å²) in [6.45, 7) is 1.76. The Bertz CT molecular complexity index is 1770. The van der Waals surface area contributed by atoms with Gasteiger partial charge in [-0.3, -0.25) is 9.59 Å². The summed E-state index contributed by atoms with van der Waals surface area (Å²) >= 11 is 6.99. The van der Waals surface area contributed by atoms with Gasteiger partial charge in [-0.1, -0.05) is 29.8 Å². The summed E-state index contributed by atoms with van der Waals surface area (Å²) in [5.41, 5.74) is -1.02. The third-order valence-electron chi connectivity index (χ3n) is 5.31. The molecule has 36 heavy (non-hydrogen) atoms. The molecule has 0 saturated heterocycles. The second-order valence-electron chi connectivity index (χ2n) is 7.56. The van der Waals surface area contributed by atoms with Gasteiger partial charge in [-0.25, -0.2) is 9.59 Å². The third kappa shape index (κ3) is 4.16. The number of hydrogen-bond acceptors (Lipinski definition) is 8. The first-order valence-corrected chi connectivity index (χ1v) is 11.9. The van der Waals surface area contributed by atoms with Crippen molar-refractivity contribution in [2.75, 3.05) is 11.9 Å². The van der Waals surface area contributed by atoms with Crippen LogP contribution in [0.1, 0.15) is 27.8 Å². The van der Waals surface area contributed by atoms with Crippen molar-refractivity contribution in [3.05, 3.63) is 97.0 Å². The van der Waals surface area contributed by atoms with E-state index in [0.29, 0.717) is 21.7 Å². The van der Waals surface area contributed by atoms with Crippen molar-refractivity contribution in [3.63, 3.8) is 0 Å². The van der Waals surface area contributed by atoms with Gasteiger partial charge >= 0.3 is 11.6 Å². The van der Waals surface area contributed by atoms with E-state index in [-0.39, 0.29) is 33.6 Å². The first-order chi connectivity index (χ1) is 17.4. The molecule has 0 fully saturated rings. The number of rotatable bonds is 5. The Morgan fingerprint density at radius 2 is 1.89 bits per heavy atom. The molecular weight excluding hydrogens is 506 g/mol. The molecule has 0 aliphatic rings. The minimum Gasteiger partial charge on any atom is -0.461 e. The lowest BCUT2D eigenvalue weighted by atomic mass is 10.1. The van der Waals surface area contributed by atoms with Gasteiger partial charge < -0.3 is 14.5 Å². The molecule has 11 heteroatoms. The Hall–Kier alpha value is -4.28. The summed E-state index contributed by atoms with van der Waals surface area (Å²) in [5, 5.41) is 9.81. The van der Waals surface area contributed by atoms with Crippen molar-refractivity contribution in [2.45, 2.75) is 6.92 Å². The second kappa shape index (κ2) is 9.40. The number of esters is 1. The Balaban J connectivity index is 1.65. The molecule has 0 unspecified atom stereocenters. The highest BCUT2D eigenvalue weighted by Crippen LogP contribution is 2.31. The highest BCUT2D eigenvalue weighted by Gasteiger charge is 2.24. The number of aromatic nitrogens is 2. The summed E-state index contributed by atoms with van der Waals surface area (Å²) in [5.74, 6) is -1.48. The highest BCUT2D eigenvalue weighted by atomic mass is 35.5. The molecule has 180 valence electrons. The number of fused-ring (bicyclic) bond motifs is 2. The van der Waals surface area contributed by atoms with E-state index in [9.17, 15) is 19.2 Å². The maximum Gasteiger partial charge on any atom is 0.359 e. The van der Waals surface area contributed by atoms with Crippen LogP contribution in [0.15, 0.2) is 74.0 Å². The van der Waals surface area contributed by atoms with Crippen LogP contribution in [0, 0.1) is 0 Å². The van der Waals surface area contributed by atoms with Crippen LogP contribution in [-0.2, 0) is 4.74 Å². The fourth-order valence-corrected chi connectivity index (χ4v) is 4.70.